The Hall–Kier alpha value is -3.03. The average molecular weight is 415 g/mol. The third-order valence-corrected chi connectivity index (χ3v) is 4.25. The maximum atomic E-state index is 12.2. The number of hydrogen-bond donors (Lipinski definition) is 3. The summed E-state index contributed by atoms with van der Waals surface area (Å²) in [5.74, 6) is -0.116. The van der Waals surface area contributed by atoms with E-state index >= 15 is 0 Å². The summed E-state index contributed by atoms with van der Waals surface area (Å²) in [5.41, 5.74) is 2.93. The predicted molar refractivity (Wildman–Crippen MR) is 119 cm³/mol. The van der Waals surface area contributed by atoms with E-state index in [1.54, 1.807) is 24.3 Å². The topological polar surface area (TPSA) is 69.5 Å². The molecule has 2 aromatic carbocycles. The van der Waals surface area contributed by atoms with E-state index in [0.717, 1.165) is 11.4 Å². The van der Waals surface area contributed by atoms with Gasteiger partial charge < -0.3 is 25.3 Å². The minimum Gasteiger partial charge on any atom is -0.459 e. The van der Waals surface area contributed by atoms with E-state index < -0.39 is 0 Å². The first-order valence-electron chi connectivity index (χ1n) is 8.42. The Bertz CT molecular complexity index is 990. The fourth-order valence-electron chi connectivity index (χ4n) is 2.48. The van der Waals surface area contributed by atoms with Crippen LogP contribution >= 0.6 is 23.8 Å². The van der Waals surface area contributed by atoms with E-state index in [1.807, 2.05) is 49.3 Å². The molecule has 0 spiro atoms. The highest BCUT2D eigenvalue weighted by molar-refractivity contribution is 7.80. The van der Waals surface area contributed by atoms with Gasteiger partial charge in [0.15, 0.2) is 10.9 Å². The Labute approximate surface area is 173 Å². The Morgan fingerprint density at radius 2 is 1.71 bits per heavy atom. The molecule has 1 amide bonds. The highest BCUT2D eigenvalue weighted by atomic mass is 35.5. The van der Waals surface area contributed by atoms with Crippen molar-refractivity contribution in [2.75, 3.05) is 34.9 Å². The van der Waals surface area contributed by atoms with Crippen molar-refractivity contribution in [2.24, 2.45) is 0 Å². The molecule has 8 heteroatoms. The molecule has 0 aliphatic rings. The van der Waals surface area contributed by atoms with Crippen LogP contribution < -0.4 is 20.9 Å². The minimum absolute atomic E-state index is 0.227. The minimum atomic E-state index is -0.344. The summed E-state index contributed by atoms with van der Waals surface area (Å²) >= 11 is 11.6. The number of thiocarbonyl (C=S) groups is 1. The maximum absolute atomic E-state index is 12.2. The number of para-hydroxylation sites is 2. The van der Waals surface area contributed by atoms with Crippen LogP contribution in [0.2, 0.25) is 5.02 Å². The number of carbonyl (C=O) groups excluding carboxylic acids is 1. The average Bonchev–Trinajstić information content (AvgIpc) is 3.17. The molecular formula is C20H19ClN4O2S. The molecule has 0 bridgehead atoms. The van der Waals surface area contributed by atoms with Gasteiger partial charge in [0.2, 0.25) is 0 Å². The van der Waals surface area contributed by atoms with Gasteiger partial charge in [-0.2, -0.15) is 0 Å². The standard InChI is InChI=1S/C20H19ClN4O2S/c1-25(2)15-11-13(21)10-14(12-15)22-20(28)24-17-7-4-3-6-16(17)23-19(26)18-8-5-9-27-18/h3-12H,1-2H3,(H,23,26)(H2,22,24,28). The summed E-state index contributed by atoms with van der Waals surface area (Å²) < 4.78 is 5.12. The van der Waals surface area contributed by atoms with Crippen molar-refractivity contribution >= 4 is 57.6 Å². The molecule has 0 unspecified atom stereocenters. The van der Waals surface area contributed by atoms with Gasteiger partial charge in [0.25, 0.3) is 5.91 Å². The van der Waals surface area contributed by atoms with Gasteiger partial charge in [-0.05, 0) is 54.7 Å². The molecule has 0 radical (unpaired) electrons. The third kappa shape index (κ3) is 5.03. The van der Waals surface area contributed by atoms with E-state index in [-0.39, 0.29) is 11.7 Å². The van der Waals surface area contributed by atoms with E-state index in [4.69, 9.17) is 28.2 Å². The molecular weight excluding hydrogens is 396 g/mol. The lowest BCUT2D eigenvalue weighted by atomic mass is 10.2. The Balaban J connectivity index is 1.72. The molecule has 0 aliphatic carbocycles. The van der Waals surface area contributed by atoms with Crippen LogP contribution in [0.15, 0.2) is 65.3 Å². The molecule has 3 aromatic rings. The van der Waals surface area contributed by atoms with Gasteiger partial charge in [0.1, 0.15) is 0 Å². The molecule has 3 rings (SSSR count). The molecule has 0 aliphatic heterocycles. The second kappa shape index (κ2) is 8.77. The molecule has 1 aromatic heterocycles. The molecule has 0 fully saturated rings. The monoisotopic (exact) mass is 414 g/mol. The molecule has 28 heavy (non-hydrogen) atoms. The normalized spacial score (nSPS) is 10.2. The number of furan rings is 1. The van der Waals surface area contributed by atoms with Gasteiger partial charge in [-0.25, -0.2) is 0 Å². The van der Waals surface area contributed by atoms with Gasteiger partial charge in [0.05, 0.1) is 17.6 Å². The molecule has 3 N–H and O–H groups in total. The van der Waals surface area contributed by atoms with E-state index in [2.05, 4.69) is 16.0 Å². The number of carbonyl (C=O) groups is 1. The summed E-state index contributed by atoms with van der Waals surface area (Å²) in [6, 6.07) is 16.1. The van der Waals surface area contributed by atoms with Crippen LogP contribution in [-0.2, 0) is 0 Å². The molecule has 144 valence electrons. The van der Waals surface area contributed by atoms with Crippen LogP contribution in [0.4, 0.5) is 22.7 Å². The predicted octanol–water partition coefficient (Wildman–Crippen LogP) is 5.06. The van der Waals surface area contributed by atoms with Crippen LogP contribution in [0.1, 0.15) is 10.6 Å². The van der Waals surface area contributed by atoms with Crippen molar-refractivity contribution in [3.8, 4) is 0 Å². The summed E-state index contributed by atoms with van der Waals surface area (Å²) in [6.45, 7) is 0. The van der Waals surface area contributed by atoms with Crippen LogP contribution in [0, 0.1) is 0 Å². The summed E-state index contributed by atoms with van der Waals surface area (Å²) in [4.78, 5) is 14.2. The molecule has 0 saturated heterocycles. The number of rotatable bonds is 5. The second-order valence-electron chi connectivity index (χ2n) is 6.15. The van der Waals surface area contributed by atoms with E-state index in [0.29, 0.717) is 21.5 Å². The first kappa shape index (κ1) is 19.7. The largest absolute Gasteiger partial charge is 0.459 e. The first-order chi connectivity index (χ1) is 13.4. The van der Waals surface area contributed by atoms with Crippen molar-refractivity contribution in [1.82, 2.24) is 0 Å². The third-order valence-electron chi connectivity index (χ3n) is 3.83. The Morgan fingerprint density at radius 3 is 2.36 bits per heavy atom. The lowest BCUT2D eigenvalue weighted by Crippen LogP contribution is -2.21. The molecule has 0 saturated carbocycles. The van der Waals surface area contributed by atoms with Crippen molar-refractivity contribution in [3.63, 3.8) is 0 Å². The van der Waals surface area contributed by atoms with Crippen molar-refractivity contribution in [1.29, 1.82) is 0 Å². The van der Waals surface area contributed by atoms with Crippen LogP contribution in [-0.4, -0.2) is 25.1 Å². The summed E-state index contributed by atoms with van der Waals surface area (Å²) in [5, 5.41) is 9.98. The Morgan fingerprint density at radius 1 is 1.00 bits per heavy atom. The number of nitrogens with zero attached hydrogens (tertiary/aromatic N) is 1. The lowest BCUT2D eigenvalue weighted by molar-refractivity contribution is 0.0996. The summed E-state index contributed by atoms with van der Waals surface area (Å²) in [6.07, 6.45) is 1.45. The van der Waals surface area contributed by atoms with E-state index in [1.165, 1.54) is 6.26 Å². The van der Waals surface area contributed by atoms with Crippen molar-refractivity contribution in [3.05, 3.63) is 71.6 Å². The molecule has 1 heterocycles. The molecule has 6 nitrogen and oxygen atoms in total. The van der Waals surface area contributed by atoms with Crippen LogP contribution in [0.25, 0.3) is 0 Å². The van der Waals surface area contributed by atoms with Gasteiger partial charge in [0, 0.05) is 30.5 Å². The maximum Gasteiger partial charge on any atom is 0.291 e. The zero-order valence-electron chi connectivity index (χ0n) is 15.3. The number of hydrogen-bond acceptors (Lipinski definition) is 4. The smallest absolute Gasteiger partial charge is 0.291 e. The Kier molecular flexibility index (Phi) is 6.18. The zero-order valence-corrected chi connectivity index (χ0v) is 16.9. The highest BCUT2D eigenvalue weighted by Gasteiger charge is 2.12. The van der Waals surface area contributed by atoms with Crippen LogP contribution in [0.3, 0.4) is 0 Å². The van der Waals surface area contributed by atoms with Gasteiger partial charge in [-0.1, -0.05) is 23.7 Å². The number of anilines is 4. The fraction of sp³-hybridized carbons (Fsp3) is 0.100. The first-order valence-corrected chi connectivity index (χ1v) is 9.21. The lowest BCUT2D eigenvalue weighted by Gasteiger charge is -2.17. The van der Waals surface area contributed by atoms with Gasteiger partial charge in [-0.15, -0.1) is 0 Å². The molecule has 0 atom stereocenters. The summed E-state index contributed by atoms with van der Waals surface area (Å²) in [7, 11) is 3.87. The number of benzene rings is 2. The number of halogens is 1. The van der Waals surface area contributed by atoms with Crippen LogP contribution in [0.5, 0.6) is 0 Å². The highest BCUT2D eigenvalue weighted by Crippen LogP contribution is 2.26. The van der Waals surface area contributed by atoms with E-state index in [9.17, 15) is 4.79 Å². The van der Waals surface area contributed by atoms with Crippen molar-refractivity contribution in [2.45, 2.75) is 0 Å². The number of amides is 1. The second-order valence-corrected chi connectivity index (χ2v) is 6.99. The quantitative estimate of drug-likeness (QED) is 0.507. The number of nitrogens with one attached hydrogen (secondary N) is 3. The fourth-order valence-corrected chi connectivity index (χ4v) is 2.94. The SMILES string of the molecule is CN(C)c1cc(Cl)cc(NC(=S)Nc2ccccc2NC(=O)c2ccco2)c1. The zero-order chi connectivity index (χ0) is 20.1. The van der Waals surface area contributed by atoms with Gasteiger partial charge in [-0.3, -0.25) is 4.79 Å². The van der Waals surface area contributed by atoms with Gasteiger partial charge >= 0.3 is 0 Å². The van der Waals surface area contributed by atoms with Crippen molar-refractivity contribution < 1.29 is 9.21 Å².